The van der Waals surface area contributed by atoms with Gasteiger partial charge in [0.05, 0.1) is 28.6 Å². The van der Waals surface area contributed by atoms with Gasteiger partial charge in [-0.05, 0) is 71.3 Å². The van der Waals surface area contributed by atoms with E-state index in [0.29, 0.717) is 22.7 Å². The Morgan fingerprint density at radius 1 is 0.921 bits per heavy atom. The fourth-order valence-corrected chi connectivity index (χ4v) is 6.47. The van der Waals surface area contributed by atoms with Crippen LogP contribution in [0.4, 0.5) is 5.69 Å². The smallest absolute Gasteiger partial charge is 0.252 e. The van der Waals surface area contributed by atoms with Gasteiger partial charge in [0.1, 0.15) is 6.04 Å². The van der Waals surface area contributed by atoms with E-state index in [4.69, 9.17) is 16.9 Å². The molecule has 2 amide bonds. The van der Waals surface area contributed by atoms with E-state index in [1.54, 1.807) is 30.3 Å². The summed E-state index contributed by atoms with van der Waals surface area (Å²) < 4.78 is 29.2. The average molecular weight is 544 g/mol. The molecule has 1 saturated heterocycles. The molecule has 0 radical (unpaired) electrons. The molecule has 4 aromatic carbocycles. The number of carbonyl (C=O) groups excluding carboxylic acids is 2. The minimum Gasteiger partial charge on any atom is -0.274 e. The first-order valence-electron chi connectivity index (χ1n) is 11.9. The van der Waals surface area contributed by atoms with Gasteiger partial charge in [0.25, 0.3) is 5.91 Å². The molecule has 1 fully saturated rings. The lowest BCUT2D eigenvalue weighted by molar-refractivity contribution is -0.122. The topological polar surface area (TPSA) is 98.5 Å². The Balaban J connectivity index is 1.52. The van der Waals surface area contributed by atoms with Crippen molar-refractivity contribution in [3.63, 3.8) is 0 Å². The van der Waals surface area contributed by atoms with Gasteiger partial charge in [0, 0.05) is 11.6 Å². The van der Waals surface area contributed by atoms with Crippen LogP contribution in [0.3, 0.4) is 0 Å². The standard InChI is InChI=1S/C29H22ClN3O4S/c30-24-7-3-4-20(16-24)14-15-32(38(36,37)26-13-10-22-5-1-2-6-23(22)17-26)27-18-28(34)33(29(27)35)25-11-8-21(19-31)9-12-25/h1-13,16-17,27H,14-15,18H2. The molecule has 1 atom stereocenters. The first-order chi connectivity index (χ1) is 18.3. The highest BCUT2D eigenvalue weighted by Gasteiger charge is 2.46. The number of halogens is 1. The Labute approximate surface area is 225 Å². The molecule has 190 valence electrons. The number of benzene rings is 4. The van der Waals surface area contributed by atoms with Gasteiger partial charge in [-0.1, -0.05) is 54.1 Å². The fraction of sp³-hybridized carbons (Fsp3) is 0.138. The lowest BCUT2D eigenvalue weighted by Crippen LogP contribution is -2.46. The van der Waals surface area contributed by atoms with E-state index in [1.807, 2.05) is 36.4 Å². The van der Waals surface area contributed by atoms with Gasteiger partial charge in [-0.15, -0.1) is 0 Å². The number of hydrogen-bond acceptors (Lipinski definition) is 5. The summed E-state index contributed by atoms with van der Waals surface area (Å²) in [6.07, 6.45) is 0.00337. The van der Waals surface area contributed by atoms with Gasteiger partial charge < -0.3 is 0 Å². The molecule has 1 aliphatic rings. The van der Waals surface area contributed by atoms with E-state index in [1.165, 1.54) is 30.3 Å². The van der Waals surface area contributed by atoms with E-state index < -0.39 is 27.9 Å². The first kappa shape index (κ1) is 25.6. The van der Waals surface area contributed by atoms with Gasteiger partial charge in [0.2, 0.25) is 15.9 Å². The number of anilines is 1. The number of fused-ring (bicyclic) bond motifs is 1. The third kappa shape index (κ3) is 4.92. The van der Waals surface area contributed by atoms with Crippen molar-refractivity contribution in [3.05, 3.63) is 107 Å². The molecule has 4 aromatic rings. The molecule has 1 aliphatic heterocycles. The SMILES string of the molecule is N#Cc1ccc(N2C(=O)CC(N(CCc3cccc(Cl)c3)S(=O)(=O)c3ccc4ccccc4c3)C2=O)cc1. The molecule has 0 aromatic heterocycles. The average Bonchev–Trinajstić information content (AvgIpc) is 3.21. The maximum atomic E-state index is 14.0. The Bertz CT molecular complexity index is 1700. The van der Waals surface area contributed by atoms with Crippen molar-refractivity contribution in [1.82, 2.24) is 4.31 Å². The molecule has 5 rings (SSSR count). The lowest BCUT2D eigenvalue weighted by Gasteiger charge is -2.27. The molecule has 38 heavy (non-hydrogen) atoms. The highest BCUT2D eigenvalue weighted by molar-refractivity contribution is 7.89. The van der Waals surface area contributed by atoms with Crippen LogP contribution >= 0.6 is 11.6 Å². The summed E-state index contributed by atoms with van der Waals surface area (Å²) in [5.41, 5.74) is 1.47. The van der Waals surface area contributed by atoms with Crippen LogP contribution in [-0.4, -0.2) is 37.1 Å². The van der Waals surface area contributed by atoms with Crippen molar-refractivity contribution in [2.75, 3.05) is 11.4 Å². The van der Waals surface area contributed by atoms with E-state index in [9.17, 15) is 18.0 Å². The zero-order valence-electron chi connectivity index (χ0n) is 20.1. The molecular formula is C29H22ClN3O4S. The third-order valence-corrected chi connectivity index (χ3v) is 8.70. The molecule has 0 spiro atoms. The highest BCUT2D eigenvalue weighted by Crippen LogP contribution is 2.31. The van der Waals surface area contributed by atoms with Crippen molar-refractivity contribution in [1.29, 1.82) is 5.26 Å². The molecule has 9 heteroatoms. The Morgan fingerprint density at radius 3 is 2.37 bits per heavy atom. The van der Waals surface area contributed by atoms with Crippen LogP contribution in [0.5, 0.6) is 0 Å². The van der Waals surface area contributed by atoms with Crippen molar-refractivity contribution >= 4 is 49.9 Å². The number of hydrogen-bond donors (Lipinski definition) is 0. The van der Waals surface area contributed by atoms with E-state index in [0.717, 1.165) is 25.5 Å². The molecule has 0 saturated carbocycles. The van der Waals surface area contributed by atoms with Gasteiger partial charge in [-0.2, -0.15) is 9.57 Å². The normalized spacial score (nSPS) is 15.8. The van der Waals surface area contributed by atoms with E-state index >= 15 is 0 Å². The quantitative estimate of drug-likeness (QED) is 0.308. The van der Waals surface area contributed by atoms with Crippen LogP contribution in [0, 0.1) is 11.3 Å². The van der Waals surface area contributed by atoms with Crippen molar-refractivity contribution in [2.24, 2.45) is 0 Å². The Kier molecular flexibility index (Phi) is 7.00. The Morgan fingerprint density at radius 2 is 1.66 bits per heavy atom. The predicted molar refractivity (Wildman–Crippen MR) is 145 cm³/mol. The summed E-state index contributed by atoms with van der Waals surface area (Å²) in [5.74, 6) is -1.14. The van der Waals surface area contributed by atoms with Crippen LogP contribution in [0.2, 0.25) is 5.02 Å². The maximum Gasteiger partial charge on any atom is 0.252 e. The van der Waals surface area contributed by atoms with Gasteiger partial charge >= 0.3 is 0 Å². The van der Waals surface area contributed by atoms with Crippen molar-refractivity contribution in [3.8, 4) is 6.07 Å². The number of carbonyl (C=O) groups is 2. The largest absolute Gasteiger partial charge is 0.274 e. The molecular weight excluding hydrogens is 522 g/mol. The van der Waals surface area contributed by atoms with Gasteiger partial charge in [-0.25, -0.2) is 13.3 Å². The number of imide groups is 1. The Hall–Kier alpha value is -4.03. The number of sulfonamides is 1. The maximum absolute atomic E-state index is 14.0. The zero-order chi connectivity index (χ0) is 26.9. The van der Waals surface area contributed by atoms with Crippen LogP contribution in [-0.2, 0) is 26.0 Å². The van der Waals surface area contributed by atoms with Gasteiger partial charge in [0.15, 0.2) is 0 Å². The van der Waals surface area contributed by atoms with Crippen molar-refractivity contribution < 1.29 is 18.0 Å². The molecule has 1 unspecified atom stereocenters. The summed E-state index contributed by atoms with van der Waals surface area (Å²) in [7, 11) is -4.17. The lowest BCUT2D eigenvalue weighted by atomic mass is 10.1. The minimum atomic E-state index is -4.17. The molecule has 1 heterocycles. The van der Waals surface area contributed by atoms with E-state index in [-0.39, 0.29) is 17.9 Å². The van der Waals surface area contributed by atoms with Gasteiger partial charge in [-0.3, -0.25) is 9.59 Å². The summed E-state index contributed by atoms with van der Waals surface area (Å²) in [6, 6.07) is 26.1. The molecule has 0 N–H and O–H groups in total. The first-order valence-corrected chi connectivity index (χ1v) is 13.7. The zero-order valence-corrected chi connectivity index (χ0v) is 21.7. The summed E-state index contributed by atoms with van der Waals surface area (Å²) >= 11 is 6.12. The van der Waals surface area contributed by atoms with E-state index in [2.05, 4.69) is 0 Å². The number of amides is 2. The van der Waals surface area contributed by atoms with Crippen LogP contribution in [0.1, 0.15) is 17.5 Å². The van der Waals surface area contributed by atoms with Crippen LogP contribution in [0.25, 0.3) is 10.8 Å². The van der Waals surface area contributed by atoms with Crippen LogP contribution < -0.4 is 4.90 Å². The van der Waals surface area contributed by atoms with Crippen molar-refractivity contribution in [2.45, 2.75) is 23.8 Å². The highest BCUT2D eigenvalue weighted by atomic mass is 35.5. The number of rotatable bonds is 7. The summed E-state index contributed by atoms with van der Waals surface area (Å²) in [6.45, 7) is -0.0274. The monoisotopic (exact) mass is 543 g/mol. The number of nitrogens with zero attached hydrogens (tertiary/aromatic N) is 3. The fourth-order valence-electron chi connectivity index (χ4n) is 4.64. The predicted octanol–water partition coefficient (Wildman–Crippen LogP) is 4.93. The molecule has 0 bridgehead atoms. The second kappa shape index (κ2) is 10.4. The summed E-state index contributed by atoms with van der Waals surface area (Å²) in [5, 5.41) is 11.2. The second-order valence-corrected chi connectivity index (χ2v) is 11.3. The number of nitriles is 1. The molecule has 7 nitrogen and oxygen atoms in total. The summed E-state index contributed by atoms with van der Waals surface area (Å²) in [4.78, 5) is 27.6. The second-order valence-electron chi connectivity index (χ2n) is 8.95. The third-order valence-electron chi connectivity index (χ3n) is 6.56. The molecule has 0 aliphatic carbocycles. The van der Waals surface area contributed by atoms with Crippen LogP contribution in [0.15, 0.2) is 95.9 Å². The minimum absolute atomic E-state index is 0.0274.